The van der Waals surface area contributed by atoms with Crippen LogP contribution in [-0.4, -0.2) is 48.6 Å². The fraction of sp³-hybridized carbons (Fsp3) is 0.407. The van der Waals surface area contributed by atoms with Crippen LogP contribution in [0.5, 0.6) is 0 Å². The predicted molar refractivity (Wildman–Crippen MR) is 147 cm³/mol. The first kappa shape index (κ1) is 26.1. The lowest BCUT2D eigenvalue weighted by Gasteiger charge is -2.43. The van der Waals surface area contributed by atoms with Gasteiger partial charge in [-0.1, -0.05) is 81.4 Å². The first-order chi connectivity index (χ1) is 16.8. The van der Waals surface area contributed by atoms with E-state index in [-0.39, 0.29) is 14.8 Å². The van der Waals surface area contributed by atoms with Gasteiger partial charge in [0, 0.05) is 24.5 Å². The van der Waals surface area contributed by atoms with Crippen molar-refractivity contribution in [2.75, 3.05) is 25.2 Å². The minimum absolute atomic E-state index is 0.0587. The average Bonchev–Trinajstić information content (AvgIpc) is 3.52. The Labute approximate surface area is 217 Å². The second kappa shape index (κ2) is 10.9. The van der Waals surface area contributed by atoms with Gasteiger partial charge in [0.15, 0.2) is 11.6 Å². The highest BCUT2D eigenvalue weighted by Crippen LogP contribution is 2.49. The summed E-state index contributed by atoms with van der Waals surface area (Å²) < 4.78 is 17.5. The van der Waals surface area contributed by atoms with Crippen LogP contribution in [0.3, 0.4) is 0 Å². The molecule has 5 nitrogen and oxygen atoms in total. The summed E-state index contributed by atoms with van der Waals surface area (Å²) in [5, 5.41) is 2.52. The minimum atomic E-state index is -2.58. The Morgan fingerprint density at radius 1 is 1.03 bits per heavy atom. The van der Waals surface area contributed by atoms with E-state index < -0.39 is 14.3 Å². The summed E-state index contributed by atoms with van der Waals surface area (Å²) in [5.41, 5.74) is 0.217. The van der Waals surface area contributed by atoms with E-state index in [2.05, 4.69) is 86.4 Å². The lowest BCUT2D eigenvalue weighted by atomic mass is 10.2. The smallest absolute Gasteiger partial charge is 0.360 e. The summed E-state index contributed by atoms with van der Waals surface area (Å²) >= 11 is 3.88. The zero-order valence-corrected chi connectivity index (χ0v) is 23.4. The van der Waals surface area contributed by atoms with E-state index in [1.165, 1.54) is 23.7 Å². The summed E-state index contributed by atoms with van der Waals surface area (Å²) in [6, 6.07) is 21.5. The van der Waals surface area contributed by atoms with Crippen LogP contribution in [0.4, 0.5) is 0 Å². The first-order valence-corrected chi connectivity index (χ1v) is 15.7. The third-order valence-corrected chi connectivity index (χ3v) is 15.0. The average molecular weight is 528 g/mol. The second-order valence-electron chi connectivity index (χ2n) is 9.66. The van der Waals surface area contributed by atoms with Gasteiger partial charge in [0.05, 0.1) is 11.2 Å². The van der Waals surface area contributed by atoms with Gasteiger partial charge in [-0.3, -0.25) is 0 Å². The van der Waals surface area contributed by atoms with E-state index in [4.69, 9.17) is 13.6 Å². The molecule has 0 amide bonds. The monoisotopic (exact) mass is 527 g/mol. The largest absolute Gasteiger partial charge is 0.464 e. The molecule has 1 fully saturated rings. The Morgan fingerprint density at radius 3 is 2.11 bits per heavy atom. The van der Waals surface area contributed by atoms with Crippen molar-refractivity contribution >= 4 is 48.2 Å². The van der Waals surface area contributed by atoms with Crippen LogP contribution >= 0.6 is 23.5 Å². The standard InChI is InChI=1S/C27H33NO4S2Si/c1-26(2,3)35(21-11-7-5-8-12-21,22-13-9-6-10-14-22)32-16-15-27(33-17-18-34-27)19-24-28-23(20-31-24)25(29)30-4/h5-14,20H,15-19H2,1-4H3. The molecule has 0 radical (unpaired) electrons. The van der Waals surface area contributed by atoms with Gasteiger partial charge in [-0.2, -0.15) is 0 Å². The molecule has 0 bridgehead atoms. The molecule has 8 heteroatoms. The molecule has 1 aliphatic rings. The van der Waals surface area contributed by atoms with Crippen LogP contribution in [0, 0.1) is 0 Å². The molecule has 0 unspecified atom stereocenters. The highest BCUT2D eigenvalue weighted by Gasteiger charge is 2.50. The lowest BCUT2D eigenvalue weighted by Crippen LogP contribution is -2.66. The van der Waals surface area contributed by atoms with E-state index in [1.54, 1.807) is 0 Å². The van der Waals surface area contributed by atoms with E-state index in [1.807, 2.05) is 23.5 Å². The van der Waals surface area contributed by atoms with Crippen molar-refractivity contribution in [1.29, 1.82) is 0 Å². The van der Waals surface area contributed by atoms with Gasteiger partial charge < -0.3 is 13.6 Å². The molecule has 1 aromatic heterocycles. The van der Waals surface area contributed by atoms with Crippen molar-refractivity contribution in [2.24, 2.45) is 0 Å². The number of ether oxygens (including phenoxy) is 1. The molecule has 1 saturated heterocycles. The maximum Gasteiger partial charge on any atom is 0.360 e. The van der Waals surface area contributed by atoms with E-state index in [0.717, 1.165) is 17.9 Å². The number of carbonyl (C=O) groups is 1. The SMILES string of the molecule is COC(=O)c1coc(CC2(CCO[Si](c3ccccc3)(c3ccccc3)C(C)(C)C)SCCS2)n1. The van der Waals surface area contributed by atoms with Crippen molar-refractivity contribution in [1.82, 2.24) is 4.98 Å². The number of aromatic nitrogens is 1. The third-order valence-electron chi connectivity index (χ3n) is 6.40. The number of benzene rings is 2. The van der Waals surface area contributed by atoms with Crippen molar-refractivity contribution in [3.63, 3.8) is 0 Å². The summed E-state index contributed by atoms with van der Waals surface area (Å²) in [6.45, 7) is 7.54. The number of esters is 1. The molecule has 0 spiro atoms. The first-order valence-electron chi connectivity index (χ1n) is 11.9. The van der Waals surface area contributed by atoms with Crippen molar-refractivity contribution < 1.29 is 18.4 Å². The van der Waals surface area contributed by atoms with Crippen molar-refractivity contribution in [3.8, 4) is 0 Å². The molecule has 2 heterocycles. The number of thioether (sulfide) groups is 2. The Hall–Kier alpha value is -2.00. The molecule has 2 aromatic carbocycles. The molecule has 1 aliphatic heterocycles. The van der Waals surface area contributed by atoms with Crippen LogP contribution in [0.2, 0.25) is 5.04 Å². The molecule has 186 valence electrons. The number of hydrogen-bond donors (Lipinski definition) is 0. The number of methoxy groups -OCH3 is 1. The topological polar surface area (TPSA) is 61.6 Å². The van der Waals surface area contributed by atoms with Gasteiger partial charge in [-0.05, 0) is 21.8 Å². The number of hydrogen-bond acceptors (Lipinski definition) is 7. The van der Waals surface area contributed by atoms with E-state index >= 15 is 0 Å². The van der Waals surface area contributed by atoms with Crippen LogP contribution in [0.15, 0.2) is 71.3 Å². The molecule has 0 aliphatic carbocycles. The fourth-order valence-corrected chi connectivity index (χ4v) is 12.5. The molecule has 4 rings (SSSR count). The quantitative estimate of drug-likeness (QED) is 0.282. The van der Waals surface area contributed by atoms with Crippen LogP contribution in [0.1, 0.15) is 43.6 Å². The molecule has 0 saturated carbocycles. The van der Waals surface area contributed by atoms with Gasteiger partial charge in [-0.15, -0.1) is 23.5 Å². The van der Waals surface area contributed by atoms with Gasteiger partial charge in [-0.25, -0.2) is 9.78 Å². The Kier molecular flexibility index (Phi) is 8.15. The van der Waals surface area contributed by atoms with Gasteiger partial charge in [0.2, 0.25) is 0 Å². The van der Waals surface area contributed by atoms with Gasteiger partial charge in [0.1, 0.15) is 6.26 Å². The highest BCUT2D eigenvalue weighted by atomic mass is 32.2. The number of oxazole rings is 1. The van der Waals surface area contributed by atoms with E-state index in [9.17, 15) is 4.79 Å². The predicted octanol–water partition coefficient (Wildman–Crippen LogP) is 5.15. The zero-order valence-electron chi connectivity index (χ0n) is 20.8. The molecular formula is C27H33NO4S2Si. The van der Waals surface area contributed by atoms with Gasteiger partial charge >= 0.3 is 5.97 Å². The van der Waals surface area contributed by atoms with Crippen LogP contribution in [-0.2, 0) is 15.6 Å². The maximum atomic E-state index is 11.8. The second-order valence-corrected chi connectivity index (χ2v) is 17.2. The Balaban J connectivity index is 1.60. The summed E-state index contributed by atoms with van der Waals surface area (Å²) in [7, 11) is -1.23. The molecule has 0 atom stereocenters. The lowest BCUT2D eigenvalue weighted by molar-refractivity contribution is 0.0594. The van der Waals surface area contributed by atoms with Crippen molar-refractivity contribution in [2.45, 2.75) is 42.7 Å². The summed E-state index contributed by atoms with van der Waals surface area (Å²) in [6.07, 6.45) is 2.89. The number of nitrogens with zero attached hydrogens (tertiary/aromatic N) is 1. The highest BCUT2D eigenvalue weighted by molar-refractivity contribution is 8.21. The fourth-order valence-electron chi connectivity index (χ4n) is 4.77. The van der Waals surface area contributed by atoms with Crippen LogP contribution < -0.4 is 10.4 Å². The number of carbonyl (C=O) groups excluding carboxylic acids is 1. The maximum absolute atomic E-state index is 11.8. The van der Waals surface area contributed by atoms with Crippen LogP contribution in [0.25, 0.3) is 0 Å². The van der Waals surface area contributed by atoms with Crippen molar-refractivity contribution in [3.05, 3.63) is 78.5 Å². The molecule has 35 heavy (non-hydrogen) atoms. The number of rotatable bonds is 9. The molecular weight excluding hydrogens is 495 g/mol. The normalized spacial score (nSPS) is 15.8. The summed E-state index contributed by atoms with van der Waals surface area (Å²) in [5.74, 6) is 2.25. The molecule has 3 aromatic rings. The zero-order chi connectivity index (χ0) is 24.9. The minimum Gasteiger partial charge on any atom is -0.464 e. The Morgan fingerprint density at radius 2 is 1.60 bits per heavy atom. The molecule has 0 N–H and O–H groups in total. The van der Waals surface area contributed by atoms with E-state index in [0.29, 0.717) is 18.9 Å². The van der Waals surface area contributed by atoms with Gasteiger partial charge in [0.25, 0.3) is 8.32 Å². The Bertz CT molecular complexity index is 1070. The third kappa shape index (κ3) is 5.55. The summed E-state index contributed by atoms with van der Waals surface area (Å²) in [4.78, 5) is 16.2.